The molecule has 2 fully saturated rings. The second kappa shape index (κ2) is 12.8. The number of alkyl halides is 6. The Hall–Kier alpha value is -2.91. The van der Waals surface area contributed by atoms with E-state index >= 15 is 0 Å². The molecule has 2 aliphatic heterocycles. The van der Waals surface area contributed by atoms with Crippen LogP contribution in [0.15, 0.2) is 29.6 Å². The lowest BCUT2D eigenvalue weighted by Crippen LogP contribution is -2.56. The minimum Gasteiger partial charge on any atom is -0.497 e. The second-order valence-electron chi connectivity index (χ2n) is 8.92. The molecule has 8 nitrogen and oxygen atoms in total. The van der Waals surface area contributed by atoms with Crippen LogP contribution >= 0.6 is 11.3 Å². The largest absolute Gasteiger partial charge is 0.497 e. The SMILES string of the molecule is COc1ccc(CN2CC3(CCN(Cc4csc(C)n4)C3)C2)cc1.O=C(O)C(F)(F)F.O=C(O)C(F)(F)F. The van der Waals surface area contributed by atoms with E-state index in [1.54, 1.807) is 18.4 Å². The Morgan fingerprint density at radius 1 is 0.974 bits per heavy atom. The first-order valence-electron chi connectivity index (χ1n) is 11.1. The van der Waals surface area contributed by atoms with Gasteiger partial charge in [-0.25, -0.2) is 14.6 Å². The molecule has 1 aromatic heterocycles. The molecule has 38 heavy (non-hydrogen) atoms. The summed E-state index contributed by atoms with van der Waals surface area (Å²) in [6.07, 6.45) is -8.84. The third kappa shape index (κ3) is 9.76. The highest BCUT2D eigenvalue weighted by Crippen LogP contribution is 2.40. The zero-order valence-corrected chi connectivity index (χ0v) is 21.3. The molecule has 2 N–H and O–H groups in total. The van der Waals surface area contributed by atoms with E-state index in [2.05, 4.69) is 51.4 Å². The molecule has 0 aliphatic carbocycles. The summed E-state index contributed by atoms with van der Waals surface area (Å²) in [7, 11) is 1.72. The minimum absolute atomic E-state index is 0.525. The molecule has 0 atom stereocenters. The number of rotatable bonds is 5. The first-order chi connectivity index (χ1) is 17.5. The van der Waals surface area contributed by atoms with Gasteiger partial charge in [-0.15, -0.1) is 11.3 Å². The van der Waals surface area contributed by atoms with E-state index in [4.69, 9.17) is 24.5 Å². The number of aromatic nitrogens is 1. The maximum Gasteiger partial charge on any atom is 0.490 e. The smallest absolute Gasteiger partial charge is 0.490 e. The van der Waals surface area contributed by atoms with Crippen LogP contribution in [0.2, 0.25) is 0 Å². The zero-order chi connectivity index (χ0) is 28.7. The predicted molar refractivity (Wildman–Crippen MR) is 125 cm³/mol. The number of methoxy groups -OCH3 is 1. The molecule has 3 heterocycles. The number of nitrogens with zero attached hydrogens (tertiary/aromatic N) is 3. The van der Waals surface area contributed by atoms with Gasteiger partial charge in [-0.2, -0.15) is 26.3 Å². The van der Waals surface area contributed by atoms with Crippen LogP contribution in [-0.4, -0.2) is 82.6 Å². The number of ether oxygens (including phenoxy) is 1. The number of carboxylic acid groups (broad SMARTS) is 2. The third-order valence-corrected chi connectivity index (χ3v) is 6.56. The molecule has 1 aromatic carbocycles. The quantitative estimate of drug-likeness (QED) is 0.508. The summed E-state index contributed by atoms with van der Waals surface area (Å²) >= 11 is 1.76. The number of hydrogen-bond donors (Lipinski definition) is 2. The van der Waals surface area contributed by atoms with Gasteiger partial charge in [0.1, 0.15) is 5.75 Å². The standard InChI is InChI=1S/C19H25N3OS.2C2HF3O2/c1-15-20-17(11-24-15)10-21-8-7-19(12-21)13-22(14-19)9-16-3-5-18(23-2)6-4-16;2*3-2(4,5)1(6)7/h3-6,11H,7-10,12-14H2,1-2H3;2*(H,6,7). The summed E-state index contributed by atoms with van der Waals surface area (Å²) in [5.41, 5.74) is 3.14. The van der Waals surface area contributed by atoms with E-state index in [1.807, 2.05) is 0 Å². The van der Waals surface area contributed by atoms with E-state index in [-0.39, 0.29) is 0 Å². The highest BCUT2D eigenvalue weighted by molar-refractivity contribution is 7.09. The van der Waals surface area contributed by atoms with E-state index in [0.29, 0.717) is 5.41 Å². The van der Waals surface area contributed by atoms with Crippen molar-refractivity contribution in [2.75, 3.05) is 33.3 Å². The van der Waals surface area contributed by atoms with Crippen LogP contribution in [0.1, 0.15) is 22.7 Å². The summed E-state index contributed by atoms with van der Waals surface area (Å²) in [4.78, 5) is 27.5. The van der Waals surface area contributed by atoms with Crippen LogP contribution in [0.3, 0.4) is 0 Å². The van der Waals surface area contributed by atoms with E-state index in [1.165, 1.54) is 48.9 Å². The van der Waals surface area contributed by atoms with Gasteiger partial charge in [0.25, 0.3) is 0 Å². The molecule has 0 unspecified atom stereocenters. The topological polar surface area (TPSA) is 103 Å². The average molecular weight is 572 g/mol. The van der Waals surface area contributed by atoms with Crippen LogP contribution in [0.4, 0.5) is 26.3 Å². The molecule has 212 valence electrons. The molecule has 0 saturated carbocycles. The summed E-state index contributed by atoms with van der Waals surface area (Å²) in [5, 5.41) is 17.6. The minimum atomic E-state index is -5.08. The maximum atomic E-state index is 10.6. The molecular formula is C23H27F6N3O5S. The van der Waals surface area contributed by atoms with Crippen molar-refractivity contribution >= 4 is 23.3 Å². The molecule has 0 amide bonds. The maximum absolute atomic E-state index is 10.6. The van der Waals surface area contributed by atoms with Crippen molar-refractivity contribution in [1.82, 2.24) is 14.8 Å². The van der Waals surface area contributed by atoms with Gasteiger partial charge < -0.3 is 14.9 Å². The van der Waals surface area contributed by atoms with Gasteiger partial charge in [0, 0.05) is 43.5 Å². The Morgan fingerprint density at radius 2 is 1.47 bits per heavy atom. The van der Waals surface area contributed by atoms with Gasteiger partial charge in [0.05, 0.1) is 17.8 Å². The van der Waals surface area contributed by atoms with Gasteiger partial charge >= 0.3 is 24.3 Å². The van der Waals surface area contributed by atoms with Crippen LogP contribution in [0.25, 0.3) is 0 Å². The zero-order valence-electron chi connectivity index (χ0n) is 20.5. The van der Waals surface area contributed by atoms with Gasteiger partial charge in [-0.3, -0.25) is 9.80 Å². The van der Waals surface area contributed by atoms with Crippen LogP contribution in [0.5, 0.6) is 5.75 Å². The fourth-order valence-corrected chi connectivity index (χ4v) is 4.74. The number of hydrogen-bond acceptors (Lipinski definition) is 7. The van der Waals surface area contributed by atoms with E-state index < -0.39 is 24.3 Å². The molecule has 0 radical (unpaired) electrons. The number of thiazole rings is 1. The summed E-state index contributed by atoms with van der Waals surface area (Å²) in [6, 6.07) is 8.46. The van der Waals surface area contributed by atoms with Crippen LogP contribution in [0, 0.1) is 12.3 Å². The number of likely N-dealkylation sites (tertiary alicyclic amines) is 2. The van der Waals surface area contributed by atoms with Crippen molar-refractivity contribution in [3.63, 3.8) is 0 Å². The first kappa shape index (κ1) is 31.3. The summed E-state index contributed by atoms with van der Waals surface area (Å²) in [6.45, 7) is 9.05. The van der Waals surface area contributed by atoms with Crippen molar-refractivity contribution in [3.8, 4) is 5.75 Å². The van der Waals surface area contributed by atoms with Crippen molar-refractivity contribution in [1.29, 1.82) is 0 Å². The average Bonchev–Trinajstić information content (AvgIpc) is 3.40. The Kier molecular flexibility index (Phi) is 10.5. The normalized spacial score (nSPS) is 17.1. The molecule has 2 aliphatic rings. The Balaban J connectivity index is 0.000000301. The van der Waals surface area contributed by atoms with Gasteiger partial charge in [0.15, 0.2) is 0 Å². The lowest BCUT2D eigenvalue weighted by molar-refractivity contribution is -0.193. The third-order valence-electron chi connectivity index (χ3n) is 5.74. The first-order valence-corrected chi connectivity index (χ1v) is 12.0. The monoisotopic (exact) mass is 571 g/mol. The fourth-order valence-electron chi connectivity index (χ4n) is 4.13. The number of halogens is 6. The number of aliphatic carboxylic acids is 2. The van der Waals surface area contributed by atoms with Crippen LogP contribution in [-0.2, 0) is 22.7 Å². The Bertz CT molecular complexity index is 1040. The molecular weight excluding hydrogens is 544 g/mol. The van der Waals surface area contributed by atoms with Gasteiger partial charge in [-0.1, -0.05) is 12.1 Å². The van der Waals surface area contributed by atoms with Crippen molar-refractivity contribution < 1.29 is 50.9 Å². The van der Waals surface area contributed by atoms with Crippen molar-refractivity contribution in [2.45, 2.75) is 38.8 Å². The number of carboxylic acids is 2. The molecule has 0 bridgehead atoms. The van der Waals surface area contributed by atoms with E-state index in [0.717, 1.165) is 18.8 Å². The lowest BCUT2D eigenvalue weighted by atomic mass is 9.79. The molecule has 4 rings (SSSR count). The summed E-state index contributed by atoms with van der Waals surface area (Å²) in [5.74, 6) is -4.58. The summed E-state index contributed by atoms with van der Waals surface area (Å²) < 4.78 is 68.7. The Morgan fingerprint density at radius 3 is 1.89 bits per heavy atom. The predicted octanol–water partition coefficient (Wildman–Crippen LogP) is 4.43. The van der Waals surface area contributed by atoms with Crippen molar-refractivity contribution in [3.05, 3.63) is 45.9 Å². The van der Waals surface area contributed by atoms with Gasteiger partial charge in [-0.05, 0) is 37.6 Å². The fraction of sp³-hybridized carbons (Fsp3) is 0.522. The number of aryl methyl sites for hydroxylation is 1. The van der Waals surface area contributed by atoms with Crippen molar-refractivity contribution in [2.24, 2.45) is 5.41 Å². The lowest BCUT2D eigenvalue weighted by Gasteiger charge is -2.48. The second-order valence-corrected chi connectivity index (χ2v) is 9.98. The van der Waals surface area contributed by atoms with Crippen LogP contribution < -0.4 is 4.74 Å². The molecule has 15 heteroatoms. The molecule has 2 aromatic rings. The van der Waals surface area contributed by atoms with Gasteiger partial charge in [0.2, 0.25) is 0 Å². The Labute approximate surface area is 218 Å². The molecule has 2 saturated heterocycles. The van der Waals surface area contributed by atoms with E-state index in [9.17, 15) is 26.3 Å². The molecule has 1 spiro atoms. The highest BCUT2D eigenvalue weighted by atomic mass is 32.1. The number of carbonyl (C=O) groups is 2. The highest BCUT2D eigenvalue weighted by Gasteiger charge is 2.47. The number of benzene rings is 1.